The Balaban J connectivity index is 3.22. The Morgan fingerprint density at radius 2 is 1.70 bits per heavy atom. The summed E-state index contributed by atoms with van der Waals surface area (Å²) >= 11 is 0. The van der Waals surface area contributed by atoms with Crippen molar-refractivity contribution in [3.63, 3.8) is 0 Å². The first kappa shape index (κ1) is 27.2. The maximum Gasteiger partial charge on any atom is 0.408 e. The molecule has 1 rings (SSSR count). The van der Waals surface area contributed by atoms with Crippen molar-refractivity contribution < 1.29 is 38.6 Å². The quantitative estimate of drug-likeness (QED) is 0.366. The van der Waals surface area contributed by atoms with Crippen LogP contribution in [0.5, 0.6) is 5.75 Å². The van der Waals surface area contributed by atoms with Crippen molar-refractivity contribution in [3.05, 3.63) is 29.8 Å². The highest BCUT2D eigenvalue weighted by atomic mass is 16.6. The summed E-state index contributed by atoms with van der Waals surface area (Å²) in [4.78, 5) is 62.2. The molecule has 5 N–H and O–H groups in total. The van der Waals surface area contributed by atoms with Gasteiger partial charge in [0.2, 0.25) is 17.7 Å². The van der Waals surface area contributed by atoms with Gasteiger partial charge in [-0.2, -0.15) is 0 Å². The predicted molar refractivity (Wildman–Crippen MR) is 116 cm³/mol. The third-order valence-electron chi connectivity index (χ3n) is 4.22. The number of phenols is 1. The highest BCUT2D eigenvalue weighted by Crippen LogP contribution is 2.23. The number of hydrogen-bond acceptors (Lipinski definition) is 8. The molecule has 0 saturated heterocycles. The van der Waals surface area contributed by atoms with Gasteiger partial charge in [-0.15, -0.1) is 0 Å². The van der Waals surface area contributed by atoms with Crippen LogP contribution in [0.25, 0.3) is 0 Å². The van der Waals surface area contributed by atoms with Gasteiger partial charge in [0, 0.05) is 7.05 Å². The number of nitrogens with zero attached hydrogens (tertiary/aromatic N) is 1. The standard InChI is InChI=1S/C21H30N4O8/c1-21(2,3)33-20(31)24-14(10-15(22)27)19(30)25(4)17(12-6-8-13(26)9-7-12)18(29)23-11-16(28)32-5/h6-9,14,17,26H,10-11H2,1-5H3,(H2,22,27)(H,23,29)(H,24,31). The topological polar surface area (TPSA) is 177 Å². The Morgan fingerprint density at radius 1 is 1.12 bits per heavy atom. The summed E-state index contributed by atoms with van der Waals surface area (Å²) < 4.78 is 9.63. The van der Waals surface area contributed by atoms with Crippen molar-refractivity contribution in [1.29, 1.82) is 0 Å². The first-order chi connectivity index (χ1) is 15.2. The second kappa shape index (κ2) is 11.7. The molecule has 0 saturated carbocycles. The Morgan fingerprint density at radius 3 is 2.18 bits per heavy atom. The SMILES string of the molecule is COC(=O)CNC(=O)C(c1ccc(O)cc1)N(C)C(=O)C(CC(N)=O)NC(=O)OC(C)(C)C. The summed E-state index contributed by atoms with van der Waals surface area (Å²) in [5, 5.41) is 14.2. The number of amides is 4. The van der Waals surface area contributed by atoms with Gasteiger partial charge >= 0.3 is 12.1 Å². The zero-order valence-electron chi connectivity index (χ0n) is 19.2. The van der Waals surface area contributed by atoms with Gasteiger partial charge < -0.3 is 35.8 Å². The van der Waals surface area contributed by atoms with E-state index in [1.807, 2.05) is 0 Å². The van der Waals surface area contributed by atoms with Gasteiger partial charge in [0.15, 0.2) is 0 Å². The molecule has 12 nitrogen and oxygen atoms in total. The Kier molecular flexibility index (Phi) is 9.64. The first-order valence-electron chi connectivity index (χ1n) is 9.93. The van der Waals surface area contributed by atoms with Crippen molar-refractivity contribution in [2.75, 3.05) is 20.7 Å². The smallest absolute Gasteiger partial charge is 0.408 e. The fourth-order valence-corrected chi connectivity index (χ4v) is 2.76. The molecule has 1 aromatic rings. The second-order valence-corrected chi connectivity index (χ2v) is 8.11. The molecule has 0 aromatic heterocycles. The molecule has 2 atom stereocenters. The number of phenolic OH excluding ortho intramolecular Hbond substituents is 1. The van der Waals surface area contributed by atoms with E-state index in [0.29, 0.717) is 5.56 Å². The second-order valence-electron chi connectivity index (χ2n) is 8.11. The first-order valence-corrected chi connectivity index (χ1v) is 9.93. The van der Waals surface area contributed by atoms with E-state index in [0.717, 1.165) is 12.0 Å². The minimum atomic E-state index is -1.42. The van der Waals surface area contributed by atoms with Crippen LogP contribution >= 0.6 is 0 Å². The molecule has 0 heterocycles. The van der Waals surface area contributed by atoms with E-state index in [4.69, 9.17) is 10.5 Å². The van der Waals surface area contributed by atoms with Gasteiger partial charge in [-0.25, -0.2) is 4.79 Å². The fourth-order valence-electron chi connectivity index (χ4n) is 2.76. The minimum Gasteiger partial charge on any atom is -0.508 e. The number of nitrogens with two attached hydrogens (primary N) is 1. The average molecular weight is 466 g/mol. The van der Waals surface area contributed by atoms with E-state index >= 15 is 0 Å². The zero-order chi connectivity index (χ0) is 25.3. The van der Waals surface area contributed by atoms with E-state index in [1.165, 1.54) is 31.3 Å². The molecule has 0 aliphatic heterocycles. The Hall–Kier alpha value is -3.83. The number of primary amides is 1. The number of carbonyl (C=O) groups excluding carboxylic acids is 5. The molecule has 0 fully saturated rings. The summed E-state index contributed by atoms with van der Waals surface area (Å²) in [6, 6.07) is 2.74. The number of rotatable bonds is 9. The summed E-state index contributed by atoms with van der Waals surface area (Å²) in [6.45, 7) is 4.41. The molecule has 0 aliphatic carbocycles. The molecule has 2 unspecified atom stereocenters. The third kappa shape index (κ3) is 9.05. The van der Waals surface area contributed by atoms with Gasteiger partial charge in [0.25, 0.3) is 0 Å². The van der Waals surface area contributed by atoms with Crippen molar-refractivity contribution in [2.24, 2.45) is 5.73 Å². The molecular formula is C21H30N4O8. The molecule has 0 spiro atoms. The van der Waals surface area contributed by atoms with Gasteiger partial charge in [-0.05, 0) is 38.5 Å². The molecule has 0 bridgehead atoms. The molecule has 33 heavy (non-hydrogen) atoms. The summed E-state index contributed by atoms with van der Waals surface area (Å²) in [5.41, 5.74) is 4.66. The van der Waals surface area contributed by atoms with Crippen LogP contribution in [0, 0.1) is 0 Å². The van der Waals surface area contributed by atoms with Crippen molar-refractivity contribution in [3.8, 4) is 5.75 Å². The average Bonchev–Trinajstić information content (AvgIpc) is 2.70. The lowest BCUT2D eigenvalue weighted by Gasteiger charge is -2.31. The summed E-state index contributed by atoms with van der Waals surface area (Å²) in [6.07, 6.45) is -1.50. The van der Waals surface area contributed by atoms with Gasteiger partial charge in [0.1, 0.15) is 30.0 Å². The van der Waals surface area contributed by atoms with E-state index in [9.17, 15) is 29.1 Å². The third-order valence-corrected chi connectivity index (χ3v) is 4.22. The molecule has 0 radical (unpaired) electrons. The number of methoxy groups -OCH3 is 1. The number of esters is 1. The van der Waals surface area contributed by atoms with Crippen LogP contribution in [0.1, 0.15) is 38.8 Å². The van der Waals surface area contributed by atoms with Gasteiger partial charge in [-0.3, -0.25) is 19.2 Å². The Bertz CT molecular complexity index is 879. The number of likely N-dealkylation sites (N-methyl/N-ethyl adjacent to an activating group) is 1. The van der Waals surface area contributed by atoms with Crippen LogP contribution in [0.3, 0.4) is 0 Å². The lowest BCUT2D eigenvalue weighted by atomic mass is 10.0. The van der Waals surface area contributed by atoms with Crippen molar-refractivity contribution >= 4 is 29.8 Å². The van der Waals surface area contributed by atoms with Crippen molar-refractivity contribution in [1.82, 2.24) is 15.5 Å². The molecule has 4 amide bonds. The maximum absolute atomic E-state index is 13.2. The molecule has 0 aliphatic rings. The largest absolute Gasteiger partial charge is 0.508 e. The van der Waals surface area contributed by atoms with Gasteiger partial charge in [-0.1, -0.05) is 12.1 Å². The number of ether oxygens (including phenoxy) is 2. The van der Waals surface area contributed by atoms with Crippen LogP contribution in [0.4, 0.5) is 4.79 Å². The number of carbonyl (C=O) groups is 5. The molecule has 182 valence electrons. The number of hydrogen-bond donors (Lipinski definition) is 4. The van der Waals surface area contributed by atoms with E-state index in [2.05, 4.69) is 15.4 Å². The highest BCUT2D eigenvalue weighted by molar-refractivity contribution is 5.95. The predicted octanol–water partition coefficient (Wildman–Crippen LogP) is -0.0504. The number of nitrogens with one attached hydrogen (secondary N) is 2. The van der Waals surface area contributed by atoms with Crippen LogP contribution in [0.2, 0.25) is 0 Å². The van der Waals surface area contributed by atoms with E-state index in [-0.39, 0.29) is 5.75 Å². The maximum atomic E-state index is 13.2. The highest BCUT2D eigenvalue weighted by Gasteiger charge is 2.35. The lowest BCUT2D eigenvalue weighted by molar-refractivity contribution is -0.144. The monoisotopic (exact) mass is 466 g/mol. The number of aromatic hydroxyl groups is 1. The molecular weight excluding hydrogens is 436 g/mol. The fraction of sp³-hybridized carbons (Fsp3) is 0.476. The van der Waals surface area contributed by atoms with Crippen LogP contribution in [0.15, 0.2) is 24.3 Å². The van der Waals surface area contributed by atoms with Crippen molar-refractivity contribution in [2.45, 2.75) is 44.9 Å². The Labute approximate surface area is 191 Å². The van der Waals surface area contributed by atoms with E-state index in [1.54, 1.807) is 20.8 Å². The van der Waals surface area contributed by atoms with Gasteiger partial charge in [0.05, 0.1) is 13.5 Å². The van der Waals surface area contributed by atoms with Crippen LogP contribution in [-0.4, -0.2) is 72.1 Å². The normalized spacial score (nSPS) is 12.6. The summed E-state index contributed by atoms with van der Waals surface area (Å²) in [5.74, 6) is -3.20. The summed E-state index contributed by atoms with van der Waals surface area (Å²) in [7, 11) is 2.43. The van der Waals surface area contributed by atoms with E-state index < -0.39 is 60.4 Å². The van der Waals surface area contributed by atoms with Crippen LogP contribution in [-0.2, 0) is 28.7 Å². The lowest BCUT2D eigenvalue weighted by Crippen LogP contribution is -2.53. The van der Waals surface area contributed by atoms with Crippen LogP contribution < -0.4 is 16.4 Å². The zero-order valence-corrected chi connectivity index (χ0v) is 19.2. The minimum absolute atomic E-state index is 0.0698. The number of alkyl carbamates (subject to hydrolysis) is 1. The molecule has 12 heteroatoms. The number of benzene rings is 1. The molecule has 1 aromatic carbocycles.